The van der Waals surface area contributed by atoms with Gasteiger partial charge in [-0.25, -0.2) is 8.42 Å². The number of benzene rings is 1. The molecule has 1 heterocycles. The van der Waals surface area contributed by atoms with Crippen molar-refractivity contribution in [2.45, 2.75) is 57.0 Å². The van der Waals surface area contributed by atoms with E-state index in [1.807, 2.05) is 20.8 Å². The molecule has 1 saturated heterocycles. The Kier molecular flexibility index (Phi) is 3.87. The van der Waals surface area contributed by atoms with E-state index in [-0.39, 0.29) is 12.1 Å². The van der Waals surface area contributed by atoms with Crippen LogP contribution in [0, 0.1) is 6.92 Å². The lowest BCUT2D eigenvalue weighted by Crippen LogP contribution is -2.47. The molecule has 2 N–H and O–H groups in total. The monoisotopic (exact) mass is 282 g/mol. The number of nitrogens with two attached hydrogens (primary N) is 1. The van der Waals surface area contributed by atoms with Crippen LogP contribution in [-0.4, -0.2) is 24.8 Å². The molecule has 4 nitrogen and oxygen atoms in total. The summed E-state index contributed by atoms with van der Waals surface area (Å²) in [5.41, 5.74) is 7.26. The number of hydrogen-bond acceptors (Lipinski definition) is 3. The van der Waals surface area contributed by atoms with E-state index >= 15 is 0 Å². The number of hydrogen-bond donors (Lipinski definition) is 1. The summed E-state index contributed by atoms with van der Waals surface area (Å²) in [4.78, 5) is 0.302. The maximum absolute atomic E-state index is 12.7. The summed E-state index contributed by atoms with van der Waals surface area (Å²) >= 11 is 0. The fraction of sp³-hybridized carbons (Fsp3) is 0.571. The Hall–Kier alpha value is -1.07. The van der Waals surface area contributed by atoms with Crippen LogP contribution in [0.5, 0.6) is 0 Å². The Bertz CT molecular complexity index is 559. The molecular weight excluding hydrogens is 260 g/mol. The molecule has 0 amide bonds. The highest BCUT2D eigenvalue weighted by molar-refractivity contribution is 7.89. The molecule has 1 aliphatic rings. The molecule has 106 valence electrons. The summed E-state index contributed by atoms with van der Waals surface area (Å²) in [6.07, 6.45) is 2.93. The van der Waals surface area contributed by atoms with Crippen LogP contribution in [0.4, 0.5) is 5.69 Å². The van der Waals surface area contributed by atoms with Crippen molar-refractivity contribution in [2.24, 2.45) is 0 Å². The minimum absolute atomic E-state index is 0.0521. The van der Waals surface area contributed by atoms with Gasteiger partial charge in [-0.2, -0.15) is 4.31 Å². The van der Waals surface area contributed by atoms with Crippen LogP contribution in [0.1, 0.15) is 38.7 Å². The highest BCUT2D eigenvalue weighted by Crippen LogP contribution is 2.30. The second-order valence-electron chi connectivity index (χ2n) is 5.48. The topological polar surface area (TPSA) is 63.4 Å². The molecule has 2 rings (SSSR count). The van der Waals surface area contributed by atoms with E-state index in [9.17, 15) is 8.42 Å². The van der Waals surface area contributed by atoms with Crippen LogP contribution in [0.15, 0.2) is 23.1 Å². The van der Waals surface area contributed by atoms with E-state index in [4.69, 9.17) is 5.73 Å². The zero-order valence-electron chi connectivity index (χ0n) is 11.8. The number of anilines is 1. The largest absolute Gasteiger partial charge is 0.398 e. The SMILES string of the molecule is Cc1ccc(S(=O)(=O)N2[C@H](C)CCC[C@@H]2C)cc1N. The zero-order chi connectivity index (χ0) is 14.2. The minimum Gasteiger partial charge on any atom is -0.398 e. The molecule has 1 fully saturated rings. The molecular formula is C14H22N2O2S. The van der Waals surface area contributed by atoms with Gasteiger partial charge in [0.2, 0.25) is 10.0 Å². The molecule has 2 atom stereocenters. The summed E-state index contributed by atoms with van der Waals surface area (Å²) in [7, 11) is -3.45. The van der Waals surface area contributed by atoms with Gasteiger partial charge in [-0.15, -0.1) is 0 Å². The molecule has 1 aromatic carbocycles. The molecule has 0 aromatic heterocycles. The first-order chi connectivity index (χ1) is 8.84. The molecule has 1 aromatic rings. The standard InChI is InChI=1S/C14H22N2O2S/c1-10-7-8-13(9-14(10)15)19(17,18)16-11(2)5-4-6-12(16)3/h7-9,11-12H,4-6,15H2,1-3H3/t11-,12+. The Morgan fingerprint density at radius 1 is 1.21 bits per heavy atom. The molecule has 1 aliphatic heterocycles. The van der Waals surface area contributed by atoms with Crippen LogP contribution in [0.3, 0.4) is 0 Å². The summed E-state index contributed by atoms with van der Waals surface area (Å²) in [5, 5.41) is 0. The third-order valence-electron chi connectivity index (χ3n) is 3.94. The lowest BCUT2D eigenvalue weighted by molar-refractivity contribution is 0.204. The summed E-state index contributed by atoms with van der Waals surface area (Å²) in [6.45, 7) is 5.83. The first-order valence-electron chi connectivity index (χ1n) is 6.73. The molecule has 0 aliphatic carbocycles. The molecule has 0 bridgehead atoms. The number of rotatable bonds is 2. The van der Waals surface area contributed by atoms with Crippen molar-refractivity contribution in [1.29, 1.82) is 0 Å². The average Bonchev–Trinajstić information content (AvgIpc) is 2.32. The quantitative estimate of drug-likeness (QED) is 0.848. The maximum Gasteiger partial charge on any atom is 0.243 e. The molecule has 0 radical (unpaired) electrons. The molecule has 5 heteroatoms. The Morgan fingerprint density at radius 2 is 1.79 bits per heavy atom. The normalized spacial score (nSPS) is 25.4. The minimum atomic E-state index is -3.45. The Morgan fingerprint density at radius 3 is 2.32 bits per heavy atom. The van der Waals surface area contributed by atoms with E-state index in [0.717, 1.165) is 24.8 Å². The summed E-state index contributed by atoms with van der Waals surface area (Å²) in [5.74, 6) is 0. The van der Waals surface area contributed by atoms with E-state index in [2.05, 4.69) is 0 Å². The van der Waals surface area contributed by atoms with Crippen LogP contribution in [-0.2, 0) is 10.0 Å². The predicted octanol–water partition coefficient (Wildman–Crippen LogP) is 2.53. The highest BCUT2D eigenvalue weighted by Gasteiger charge is 2.35. The molecule has 0 saturated carbocycles. The van der Waals surface area contributed by atoms with Gasteiger partial charge < -0.3 is 5.73 Å². The number of nitrogen functional groups attached to an aromatic ring is 1. The smallest absolute Gasteiger partial charge is 0.243 e. The Labute approximate surface area is 115 Å². The van der Waals surface area contributed by atoms with Crippen molar-refractivity contribution in [3.63, 3.8) is 0 Å². The second-order valence-corrected chi connectivity index (χ2v) is 7.33. The predicted molar refractivity (Wildman–Crippen MR) is 77.4 cm³/mol. The number of sulfonamides is 1. The van der Waals surface area contributed by atoms with Gasteiger partial charge >= 0.3 is 0 Å². The molecule has 19 heavy (non-hydrogen) atoms. The van der Waals surface area contributed by atoms with Crippen molar-refractivity contribution >= 4 is 15.7 Å². The fourth-order valence-electron chi connectivity index (χ4n) is 2.77. The number of piperidine rings is 1. The van der Waals surface area contributed by atoms with Crippen LogP contribution in [0.2, 0.25) is 0 Å². The highest BCUT2D eigenvalue weighted by atomic mass is 32.2. The van der Waals surface area contributed by atoms with Crippen LogP contribution in [0.25, 0.3) is 0 Å². The van der Waals surface area contributed by atoms with Crippen molar-refractivity contribution in [3.8, 4) is 0 Å². The first-order valence-corrected chi connectivity index (χ1v) is 8.17. The van der Waals surface area contributed by atoms with Gasteiger partial charge in [-0.3, -0.25) is 0 Å². The number of nitrogens with zero attached hydrogens (tertiary/aromatic N) is 1. The maximum atomic E-state index is 12.7. The van der Waals surface area contributed by atoms with Gasteiger partial charge in [0.05, 0.1) is 4.90 Å². The van der Waals surface area contributed by atoms with E-state index in [1.165, 1.54) is 0 Å². The first kappa shape index (κ1) is 14.3. The fourth-order valence-corrected chi connectivity index (χ4v) is 4.69. The van der Waals surface area contributed by atoms with E-state index in [1.54, 1.807) is 22.5 Å². The zero-order valence-corrected chi connectivity index (χ0v) is 12.6. The summed E-state index contributed by atoms with van der Waals surface area (Å²) < 4.78 is 27.1. The second kappa shape index (κ2) is 5.13. The van der Waals surface area contributed by atoms with Crippen molar-refractivity contribution < 1.29 is 8.42 Å². The van der Waals surface area contributed by atoms with Gasteiger partial charge in [-0.1, -0.05) is 12.5 Å². The van der Waals surface area contributed by atoms with Gasteiger partial charge in [0.1, 0.15) is 0 Å². The van der Waals surface area contributed by atoms with Crippen LogP contribution < -0.4 is 5.73 Å². The third kappa shape index (κ3) is 2.62. The molecule has 0 spiro atoms. The van der Waals surface area contributed by atoms with E-state index in [0.29, 0.717) is 10.6 Å². The van der Waals surface area contributed by atoms with Gasteiger partial charge in [0, 0.05) is 17.8 Å². The average molecular weight is 282 g/mol. The van der Waals surface area contributed by atoms with Crippen molar-refractivity contribution in [1.82, 2.24) is 4.31 Å². The summed E-state index contributed by atoms with van der Waals surface area (Å²) in [6, 6.07) is 5.09. The van der Waals surface area contributed by atoms with Gasteiger partial charge in [0.15, 0.2) is 0 Å². The van der Waals surface area contributed by atoms with Gasteiger partial charge in [-0.05, 0) is 51.3 Å². The lowest BCUT2D eigenvalue weighted by atomic mass is 10.0. The number of aryl methyl sites for hydroxylation is 1. The van der Waals surface area contributed by atoms with Crippen LogP contribution >= 0.6 is 0 Å². The lowest BCUT2D eigenvalue weighted by Gasteiger charge is -2.37. The van der Waals surface area contributed by atoms with Crippen molar-refractivity contribution in [2.75, 3.05) is 5.73 Å². The van der Waals surface area contributed by atoms with Crippen molar-refractivity contribution in [3.05, 3.63) is 23.8 Å². The van der Waals surface area contributed by atoms with E-state index < -0.39 is 10.0 Å². The Balaban J connectivity index is 2.43. The molecule has 0 unspecified atom stereocenters. The third-order valence-corrected chi connectivity index (χ3v) is 6.06. The van der Waals surface area contributed by atoms with Gasteiger partial charge in [0.25, 0.3) is 0 Å².